The highest BCUT2D eigenvalue weighted by molar-refractivity contribution is 5.93. The second kappa shape index (κ2) is 10.1. The summed E-state index contributed by atoms with van der Waals surface area (Å²) in [5.41, 5.74) is 6.91. The largest absolute Gasteiger partial charge is 0.497 e. The van der Waals surface area contributed by atoms with E-state index >= 15 is 0 Å². The normalized spacial score (nSPS) is 15.7. The minimum Gasteiger partial charge on any atom is -0.497 e. The molecule has 4 aromatic rings. The lowest BCUT2D eigenvalue weighted by molar-refractivity contribution is -0.186. The van der Waals surface area contributed by atoms with Crippen LogP contribution in [0.2, 0.25) is 0 Å². The molecule has 4 heterocycles. The van der Waals surface area contributed by atoms with Gasteiger partial charge in [0.2, 0.25) is 5.95 Å². The minimum atomic E-state index is -0.392. The van der Waals surface area contributed by atoms with Crippen molar-refractivity contribution in [1.82, 2.24) is 24.8 Å². The van der Waals surface area contributed by atoms with Crippen molar-refractivity contribution < 1.29 is 19.1 Å². The molecule has 5 rings (SSSR count). The molecule has 0 spiro atoms. The van der Waals surface area contributed by atoms with Crippen molar-refractivity contribution in [2.75, 3.05) is 19.0 Å². The number of imidazole rings is 1. The summed E-state index contributed by atoms with van der Waals surface area (Å²) < 4.78 is 12.7. The first-order valence-electron chi connectivity index (χ1n) is 11.4. The second-order valence-electron chi connectivity index (χ2n) is 8.15. The van der Waals surface area contributed by atoms with Gasteiger partial charge in [0.1, 0.15) is 11.4 Å². The lowest BCUT2D eigenvalue weighted by atomic mass is 10.2. The van der Waals surface area contributed by atoms with Crippen LogP contribution < -0.4 is 15.5 Å². The topological polar surface area (TPSA) is 112 Å². The highest BCUT2D eigenvalue weighted by Gasteiger charge is 2.17. The number of amides is 1. The van der Waals surface area contributed by atoms with Gasteiger partial charge in [-0.1, -0.05) is 0 Å². The summed E-state index contributed by atoms with van der Waals surface area (Å²) in [5.74, 6) is 0.842. The number of fused-ring (bicyclic) bond motifs is 1. The van der Waals surface area contributed by atoms with Crippen LogP contribution in [0.1, 0.15) is 35.3 Å². The minimum absolute atomic E-state index is 0.330. The van der Waals surface area contributed by atoms with Crippen LogP contribution in [-0.4, -0.2) is 45.3 Å². The maximum atomic E-state index is 12.4. The fraction of sp³-hybridized carbons (Fsp3) is 0.280. The summed E-state index contributed by atoms with van der Waals surface area (Å²) in [6, 6.07) is 12.6. The van der Waals surface area contributed by atoms with E-state index < -0.39 is 6.29 Å². The first kappa shape index (κ1) is 22.8. The SMILES string of the molecule is COc1ccn2c(-c3ccnc(Nc4ccc(C(=O)NOC5CCCCO5)cc4)n3)c(C)nc2c1. The number of aryl methyl sites for hydroxylation is 1. The van der Waals surface area contributed by atoms with E-state index in [9.17, 15) is 4.79 Å². The molecule has 10 heteroatoms. The summed E-state index contributed by atoms with van der Waals surface area (Å²) in [6.07, 6.45) is 6.02. The molecule has 0 radical (unpaired) electrons. The van der Waals surface area contributed by atoms with Gasteiger partial charge in [-0.3, -0.25) is 9.20 Å². The zero-order valence-corrected chi connectivity index (χ0v) is 19.5. The zero-order valence-electron chi connectivity index (χ0n) is 19.5. The number of methoxy groups -OCH3 is 1. The van der Waals surface area contributed by atoms with Crippen LogP contribution in [0.3, 0.4) is 0 Å². The van der Waals surface area contributed by atoms with E-state index in [0.717, 1.165) is 53.4 Å². The number of benzene rings is 1. The summed E-state index contributed by atoms with van der Waals surface area (Å²) in [7, 11) is 1.63. The number of nitrogens with zero attached hydrogens (tertiary/aromatic N) is 4. The molecule has 0 bridgehead atoms. The van der Waals surface area contributed by atoms with Crippen LogP contribution >= 0.6 is 0 Å². The van der Waals surface area contributed by atoms with Crippen molar-refractivity contribution in [3.8, 4) is 17.1 Å². The van der Waals surface area contributed by atoms with E-state index in [0.29, 0.717) is 18.1 Å². The molecule has 1 aromatic carbocycles. The van der Waals surface area contributed by atoms with Gasteiger partial charge in [-0.25, -0.2) is 25.3 Å². The Balaban J connectivity index is 1.28. The first-order chi connectivity index (χ1) is 17.1. The molecular weight excluding hydrogens is 448 g/mol. The number of hydroxylamine groups is 1. The Hall–Kier alpha value is -4.02. The number of hydrogen-bond acceptors (Lipinski definition) is 8. The summed E-state index contributed by atoms with van der Waals surface area (Å²) >= 11 is 0. The van der Waals surface area contributed by atoms with Crippen molar-refractivity contribution in [2.45, 2.75) is 32.5 Å². The zero-order chi connectivity index (χ0) is 24.2. The summed E-state index contributed by atoms with van der Waals surface area (Å²) in [5, 5.41) is 3.19. The third-order valence-corrected chi connectivity index (χ3v) is 5.73. The Morgan fingerprint density at radius 2 is 2.00 bits per heavy atom. The third kappa shape index (κ3) is 5.08. The number of rotatable bonds is 7. The van der Waals surface area contributed by atoms with E-state index in [-0.39, 0.29) is 5.91 Å². The molecule has 1 unspecified atom stereocenters. The standard InChI is InChI=1S/C25H26N6O4/c1-16-23(31-13-11-19(33-2)15-21(31)27-16)20-10-12-26-25(29-20)28-18-8-6-17(7-9-18)24(32)30-35-22-5-3-4-14-34-22/h6-13,15,22H,3-5,14H2,1-2H3,(H,30,32)(H,26,28,29). The summed E-state index contributed by atoms with van der Waals surface area (Å²) in [6.45, 7) is 2.59. The number of anilines is 2. The lowest BCUT2D eigenvalue weighted by Crippen LogP contribution is -2.33. The molecule has 1 aliphatic rings. The Morgan fingerprint density at radius 3 is 2.77 bits per heavy atom. The maximum Gasteiger partial charge on any atom is 0.274 e. The lowest BCUT2D eigenvalue weighted by Gasteiger charge is -2.22. The third-order valence-electron chi connectivity index (χ3n) is 5.73. The van der Waals surface area contributed by atoms with Gasteiger partial charge in [-0.2, -0.15) is 0 Å². The van der Waals surface area contributed by atoms with Gasteiger partial charge in [0.05, 0.1) is 24.2 Å². The fourth-order valence-electron chi connectivity index (χ4n) is 3.95. The molecule has 1 amide bonds. The molecule has 0 saturated carbocycles. The Bertz CT molecular complexity index is 1330. The predicted molar refractivity (Wildman–Crippen MR) is 129 cm³/mol. The molecule has 180 valence electrons. The molecular formula is C25H26N6O4. The Labute approximate surface area is 202 Å². The monoisotopic (exact) mass is 474 g/mol. The number of hydrogen-bond donors (Lipinski definition) is 2. The van der Waals surface area contributed by atoms with Gasteiger partial charge in [0.25, 0.3) is 5.91 Å². The van der Waals surface area contributed by atoms with E-state index in [2.05, 4.69) is 25.7 Å². The number of carbonyl (C=O) groups excluding carboxylic acids is 1. The molecule has 1 aliphatic heterocycles. The van der Waals surface area contributed by atoms with Gasteiger partial charge >= 0.3 is 0 Å². The maximum absolute atomic E-state index is 12.4. The molecule has 1 saturated heterocycles. The van der Waals surface area contributed by atoms with Gasteiger partial charge in [-0.15, -0.1) is 0 Å². The van der Waals surface area contributed by atoms with Gasteiger partial charge in [-0.05, 0) is 56.2 Å². The second-order valence-corrected chi connectivity index (χ2v) is 8.15. The van der Waals surface area contributed by atoms with E-state index in [1.54, 1.807) is 37.6 Å². The van der Waals surface area contributed by atoms with Gasteiger partial charge in [0.15, 0.2) is 6.29 Å². The van der Waals surface area contributed by atoms with Crippen molar-refractivity contribution >= 4 is 23.2 Å². The van der Waals surface area contributed by atoms with Crippen LogP contribution in [0.5, 0.6) is 5.75 Å². The van der Waals surface area contributed by atoms with Crippen LogP contribution in [0.25, 0.3) is 17.0 Å². The van der Waals surface area contributed by atoms with Gasteiger partial charge < -0.3 is 14.8 Å². The van der Waals surface area contributed by atoms with Crippen molar-refractivity contribution in [2.24, 2.45) is 0 Å². The van der Waals surface area contributed by atoms with Crippen molar-refractivity contribution in [3.63, 3.8) is 0 Å². The molecule has 0 aliphatic carbocycles. The van der Waals surface area contributed by atoms with Crippen LogP contribution in [0.15, 0.2) is 54.9 Å². The molecule has 2 N–H and O–H groups in total. The van der Waals surface area contributed by atoms with E-state index in [1.165, 1.54) is 0 Å². The smallest absolute Gasteiger partial charge is 0.274 e. The van der Waals surface area contributed by atoms with Crippen LogP contribution in [0, 0.1) is 6.92 Å². The first-order valence-corrected chi connectivity index (χ1v) is 11.4. The summed E-state index contributed by atoms with van der Waals surface area (Å²) in [4.78, 5) is 31.4. The average Bonchev–Trinajstić information content (AvgIpc) is 3.23. The van der Waals surface area contributed by atoms with E-state index in [4.69, 9.17) is 14.3 Å². The predicted octanol–water partition coefficient (Wildman–Crippen LogP) is 4.04. The number of carbonyl (C=O) groups is 1. The quantitative estimate of drug-likeness (QED) is 0.386. The molecule has 10 nitrogen and oxygen atoms in total. The number of pyridine rings is 1. The molecule has 3 aromatic heterocycles. The molecule has 1 fully saturated rings. The number of aromatic nitrogens is 4. The number of nitrogens with one attached hydrogen (secondary N) is 2. The number of ether oxygens (including phenoxy) is 2. The highest BCUT2D eigenvalue weighted by Crippen LogP contribution is 2.26. The van der Waals surface area contributed by atoms with Crippen molar-refractivity contribution in [3.05, 3.63) is 66.1 Å². The van der Waals surface area contributed by atoms with E-state index in [1.807, 2.05) is 35.7 Å². The average molecular weight is 475 g/mol. The van der Waals surface area contributed by atoms with Gasteiger partial charge in [0, 0.05) is 42.7 Å². The van der Waals surface area contributed by atoms with Crippen LogP contribution in [0.4, 0.5) is 11.6 Å². The van der Waals surface area contributed by atoms with Crippen LogP contribution in [-0.2, 0) is 9.57 Å². The highest BCUT2D eigenvalue weighted by atomic mass is 16.8. The fourth-order valence-corrected chi connectivity index (χ4v) is 3.95. The van der Waals surface area contributed by atoms with Crippen molar-refractivity contribution in [1.29, 1.82) is 0 Å². The molecule has 35 heavy (non-hydrogen) atoms. The Kier molecular flexibility index (Phi) is 6.55. The Morgan fingerprint density at radius 1 is 1.14 bits per heavy atom. The molecule has 1 atom stereocenters.